The maximum Gasteiger partial charge on any atom is 0.138 e. The van der Waals surface area contributed by atoms with Gasteiger partial charge in [-0.3, -0.25) is 0 Å². The maximum absolute atomic E-state index is 5.95. The minimum absolute atomic E-state index is 0.148. The zero-order valence-corrected chi connectivity index (χ0v) is 11.3. The van der Waals surface area contributed by atoms with Gasteiger partial charge in [0.1, 0.15) is 11.9 Å². The predicted octanol–water partition coefficient (Wildman–Crippen LogP) is 3.75. The molecule has 0 saturated carbocycles. The van der Waals surface area contributed by atoms with Crippen LogP contribution >= 0.6 is 27.5 Å². The zero-order chi connectivity index (χ0) is 11.4. The maximum atomic E-state index is 5.95. The van der Waals surface area contributed by atoms with Crippen LogP contribution in [0.4, 0.5) is 0 Å². The number of rotatable bonds is 3. The minimum Gasteiger partial charge on any atom is -0.487 e. The van der Waals surface area contributed by atoms with Crippen molar-refractivity contribution in [1.82, 2.24) is 0 Å². The van der Waals surface area contributed by atoms with Gasteiger partial charge in [-0.1, -0.05) is 12.1 Å². The van der Waals surface area contributed by atoms with Crippen LogP contribution in [0.3, 0.4) is 0 Å². The van der Waals surface area contributed by atoms with E-state index in [1.807, 2.05) is 18.2 Å². The lowest BCUT2D eigenvalue weighted by atomic mass is 10.1. The molecule has 4 heteroatoms. The van der Waals surface area contributed by atoms with Crippen molar-refractivity contribution in [3.63, 3.8) is 0 Å². The van der Waals surface area contributed by atoms with Gasteiger partial charge in [-0.2, -0.15) is 0 Å². The fourth-order valence-corrected chi connectivity index (χ4v) is 2.47. The summed E-state index contributed by atoms with van der Waals surface area (Å²) in [6.07, 6.45) is 2.25. The number of ether oxygens (including phenoxy) is 2. The van der Waals surface area contributed by atoms with Crippen molar-refractivity contribution in [2.24, 2.45) is 0 Å². The summed E-state index contributed by atoms with van der Waals surface area (Å²) in [6.45, 7) is 1.52. The zero-order valence-electron chi connectivity index (χ0n) is 8.92. The first-order valence-corrected chi connectivity index (χ1v) is 6.72. The number of para-hydroxylation sites is 1. The molecule has 0 N–H and O–H groups in total. The average Bonchev–Trinajstić information content (AvgIpc) is 2.33. The van der Waals surface area contributed by atoms with Crippen molar-refractivity contribution < 1.29 is 9.47 Å². The van der Waals surface area contributed by atoms with E-state index >= 15 is 0 Å². The van der Waals surface area contributed by atoms with Crippen LogP contribution in [-0.4, -0.2) is 19.3 Å². The third kappa shape index (κ3) is 2.90. The summed E-state index contributed by atoms with van der Waals surface area (Å²) in [6, 6.07) is 5.91. The monoisotopic (exact) mass is 304 g/mol. The highest BCUT2D eigenvalue weighted by molar-refractivity contribution is 9.10. The molecular weight excluding hydrogens is 291 g/mol. The molecule has 16 heavy (non-hydrogen) atoms. The van der Waals surface area contributed by atoms with E-state index in [1.165, 1.54) is 0 Å². The van der Waals surface area contributed by atoms with Crippen molar-refractivity contribution in [3.05, 3.63) is 28.2 Å². The summed E-state index contributed by atoms with van der Waals surface area (Å²) < 4.78 is 12.3. The summed E-state index contributed by atoms with van der Waals surface area (Å²) in [5.41, 5.74) is 1.02. The molecule has 1 fully saturated rings. The van der Waals surface area contributed by atoms with Gasteiger partial charge in [0.15, 0.2) is 0 Å². The van der Waals surface area contributed by atoms with Gasteiger partial charge < -0.3 is 9.47 Å². The Labute approximate surface area is 109 Å². The SMILES string of the molecule is ClCc1cccc(Br)c1OC1CCCOC1. The van der Waals surface area contributed by atoms with Gasteiger partial charge in [0.05, 0.1) is 17.0 Å². The molecule has 1 aromatic carbocycles. The Balaban J connectivity index is 2.12. The van der Waals surface area contributed by atoms with E-state index in [9.17, 15) is 0 Å². The largest absolute Gasteiger partial charge is 0.487 e. The first-order chi connectivity index (χ1) is 7.81. The van der Waals surface area contributed by atoms with E-state index in [1.54, 1.807) is 0 Å². The third-order valence-corrected chi connectivity index (χ3v) is 3.51. The van der Waals surface area contributed by atoms with Gasteiger partial charge in [-0.25, -0.2) is 0 Å². The molecule has 1 unspecified atom stereocenters. The van der Waals surface area contributed by atoms with Gasteiger partial charge >= 0.3 is 0 Å². The number of hydrogen-bond donors (Lipinski definition) is 0. The van der Waals surface area contributed by atoms with Gasteiger partial charge in [-0.05, 0) is 34.8 Å². The molecular formula is C12H14BrClO2. The Morgan fingerprint density at radius 1 is 1.50 bits per heavy atom. The van der Waals surface area contributed by atoms with E-state index in [0.717, 1.165) is 35.2 Å². The van der Waals surface area contributed by atoms with Gasteiger partial charge in [0.25, 0.3) is 0 Å². The molecule has 0 spiro atoms. The van der Waals surface area contributed by atoms with E-state index in [4.69, 9.17) is 21.1 Å². The lowest BCUT2D eigenvalue weighted by Gasteiger charge is -2.24. The van der Waals surface area contributed by atoms with Crippen LogP contribution < -0.4 is 4.74 Å². The fourth-order valence-electron chi connectivity index (χ4n) is 1.76. The van der Waals surface area contributed by atoms with Crippen molar-refractivity contribution in [1.29, 1.82) is 0 Å². The molecule has 0 bridgehead atoms. The van der Waals surface area contributed by atoms with Crippen molar-refractivity contribution in [2.75, 3.05) is 13.2 Å². The Hall–Kier alpha value is -0.250. The summed E-state index contributed by atoms with van der Waals surface area (Å²) >= 11 is 9.38. The first-order valence-electron chi connectivity index (χ1n) is 5.39. The molecule has 2 rings (SSSR count). The van der Waals surface area contributed by atoms with Gasteiger partial charge in [0, 0.05) is 12.2 Å². The highest BCUT2D eigenvalue weighted by atomic mass is 79.9. The second-order valence-corrected chi connectivity index (χ2v) is 4.94. The topological polar surface area (TPSA) is 18.5 Å². The van der Waals surface area contributed by atoms with Crippen molar-refractivity contribution >= 4 is 27.5 Å². The van der Waals surface area contributed by atoms with E-state index in [-0.39, 0.29) is 6.10 Å². The van der Waals surface area contributed by atoms with Crippen LogP contribution in [0.1, 0.15) is 18.4 Å². The standard InChI is InChI=1S/C12H14BrClO2/c13-11-5-1-3-9(7-14)12(11)16-10-4-2-6-15-8-10/h1,3,5,10H,2,4,6-8H2. The minimum atomic E-state index is 0.148. The highest BCUT2D eigenvalue weighted by Gasteiger charge is 2.18. The summed E-state index contributed by atoms with van der Waals surface area (Å²) in [4.78, 5) is 0. The molecule has 1 aliphatic heterocycles. The van der Waals surface area contributed by atoms with Crippen molar-refractivity contribution in [2.45, 2.75) is 24.8 Å². The van der Waals surface area contributed by atoms with Crippen molar-refractivity contribution in [3.8, 4) is 5.75 Å². The molecule has 1 heterocycles. The van der Waals surface area contributed by atoms with Gasteiger partial charge in [-0.15, -0.1) is 11.6 Å². The predicted molar refractivity (Wildman–Crippen MR) is 68.2 cm³/mol. The Kier molecular flexibility index (Phi) is 4.50. The van der Waals surface area contributed by atoms with Crippen LogP contribution in [0.25, 0.3) is 0 Å². The van der Waals surface area contributed by atoms with Crippen LogP contribution in [0.15, 0.2) is 22.7 Å². The molecule has 1 aliphatic rings. The Morgan fingerprint density at radius 2 is 2.38 bits per heavy atom. The normalized spacial score (nSPS) is 20.8. The lowest BCUT2D eigenvalue weighted by molar-refractivity contribution is 0.00680. The lowest BCUT2D eigenvalue weighted by Crippen LogP contribution is -2.28. The molecule has 1 saturated heterocycles. The quantitative estimate of drug-likeness (QED) is 0.792. The molecule has 1 atom stereocenters. The summed E-state index contributed by atoms with van der Waals surface area (Å²) in [5, 5.41) is 0. The first kappa shape index (κ1) is 12.2. The molecule has 88 valence electrons. The number of alkyl halides is 1. The number of benzene rings is 1. The van der Waals surface area contributed by atoms with Crippen LogP contribution in [-0.2, 0) is 10.6 Å². The molecule has 0 aromatic heterocycles. The van der Waals surface area contributed by atoms with E-state index < -0.39 is 0 Å². The molecule has 0 radical (unpaired) electrons. The summed E-state index contributed by atoms with van der Waals surface area (Å²) in [5.74, 6) is 1.32. The summed E-state index contributed by atoms with van der Waals surface area (Å²) in [7, 11) is 0. The van der Waals surface area contributed by atoms with Crippen LogP contribution in [0.5, 0.6) is 5.75 Å². The van der Waals surface area contributed by atoms with E-state index in [0.29, 0.717) is 12.5 Å². The number of hydrogen-bond acceptors (Lipinski definition) is 2. The molecule has 0 aliphatic carbocycles. The van der Waals surface area contributed by atoms with Gasteiger partial charge in [0.2, 0.25) is 0 Å². The second kappa shape index (κ2) is 5.89. The molecule has 2 nitrogen and oxygen atoms in total. The smallest absolute Gasteiger partial charge is 0.138 e. The Bertz CT molecular complexity index is 351. The fraction of sp³-hybridized carbons (Fsp3) is 0.500. The Morgan fingerprint density at radius 3 is 3.06 bits per heavy atom. The highest BCUT2D eigenvalue weighted by Crippen LogP contribution is 2.32. The second-order valence-electron chi connectivity index (χ2n) is 3.82. The van der Waals surface area contributed by atoms with Crippen LogP contribution in [0, 0.1) is 0 Å². The molecule has 0 amide bonds. The van der Waals surface area contributed by atoms with E-state index in [2.05, 4.69) is 15.9 Å². The number of halogens is 2. The average molecular weight is 306 g/mol. The van der Waals surface area contributed by atoms with Crippen LogP contribution in [0.2, 0.25) is 0 Å². The molecule has 1 aromatic rings. The third-order valence-electron chi connectivity index (χ3n) is 2.60.